The number of hydrogen-bond donors (Lipinski definition) is 2. The Balaban J connectivity index is 1.56. The number of hydrogen-bond acceptors (Lipinski definition) is 4. The van der Waals surface area contributed by atoms with Crippen molar-refractivity contribution in [2.75, 3.05) is 29.9 Å². The van der Waals surface area contributed by atoms with E-state index in [9.17, 15) is 27.9 Å². The number of rotatable bonds is 4. The Bertz CT molecular complexity index is 899. The molecule has 2 aliphatic heterocycles. The van der Waals surface area contributed by atoms with Gasteiger partial charge in [-0.25, -0.2) is 0 Å². The molecule has 2 heterocycles. The fourth-order valence-corrected chi connectivity index (χ4v) is 5.65. The van der Waals surface area contributed by atoms with Crippen LogP contribution in [0.25, 0.3) is 0 Å². The lowest BCUT2D eigenvalue weighted by atomic mass is 9.78. The Morgan fingerprint density at radius 2 is 1.91 bits per heavy atom. The van der Waals surface area contributed by atoms with Gasteiger partial charge < -0.3 is 20.2 Å². The molecule has 0 radical (unpaired) electrons. The molecule has 0 aromatic heterocycles. The summed E-state index contributed by atoms with van der Waals surface area (Å²) in [6, 6.07) is 4.01. The monoisotopic (exact) mass is 467 g/mol. The molecule has 3 fully saturated rings. The molecule has 1 unspecified atom stereocenters. The van der Waals surface area contributed by atoms with Gasteiger partial charge in [-0.15, -0.1) is 0 Å². The first-order chi connectivity index (χ1) is 15.6. The maximum atomic E-state index is 13.9. The minimum Gasteiger partial charge on any atom is -0.393 e. The third kappa shape index (κ3) is 4.83. The number of amides is 2. The van der Waals surface area contributed by atoms with Crippen LogP contribution >= 0.6 is 0 Å². The lowest BCUT2D eigenvalue weighted by molar-refractivity contribution is -0.139. The Morgan fingerprint density at radius 3 is 2.58 bits per heavy atom. The molecule has 1 aliphatic carbocycles. The first kappa shape index (κ1) is 23.9. The quantitative estimate of drug-likeness (QED) is 0.697. The van der Waals surface area contributed by atoms with E-state index < -0.39 is 17.2 Å². The molecule has 9 heteroatoms. The smallest absolute Gasteiger partial charge is 0.393 e. The minimum atomic E-state index is -4.58. The minimum absolute atomic E-state index is 0.0500. The van der Waals surface area contributed by atoms with Crippen LogP contribution in [0.5, 0.6) is 0 Å². The molecule has 182 valence electrons. The van der Waals surface area contributed by atoms with E-state index in [0.29, 0.717) is 45.2 Å². The fourth-order valence-electron chi connectivity index (χ4n) is 5.65. The van der Waals surface area contributed by atoms with E-state index in [4.69, 9.17) is 0 Å². The number of carbonyl (C=O) groups excluding carboxylic acids is 2. The summed E-state index contributed by atoms with van der Waals surface area (Å²) >= 11 is 0. The molecule has 33 heavy (non-hydrogen) atoms. The van der Waals surface area contributed by atoms with Crippen molar-refractivity contribution in [2.24, 2.45) is 5.41 Å². The SMILES string of the molecule is CCC(=O)Nc1ccc(N2CCCC3(CCN([C@H]4CC[C@H](O)CC4)C3=O)C2)c(C(F)(F)F)c1. The molecule has 1 aromatic carbocycles. The predicted molar refractivity (Wildman–Crippen MR) is 119 cm³/mol. The standard InChI is InChI=1S/C24H32F3N3O3/c1-2-21(32)28-16-4-9-20(19(14-16)24(25,26)27)29-12-3-10-23(15-29)11-13-30(22(23)33)17-5-7-18(31)8-6-17/h4,9,14,17-18,31H,2-3,5-8,10-13,15H2,1H3,(H,28,32)/t17-,18-,23?. The van der Waals surface area contributed by atoms with Crippen molar-refractivity contribution in [2.45, 2.75) is 76.6 Å². The predicted octanol–water partition coefficient (Wildman–Crippen LogP) is 4.18. The van der Waals surface area contributed by atoms with Crippen molar-refractivity contribution in [3.05, 3.63) is 23.8 Å². The second kappa shape index (κ2) is 9.16. The Kier molecular flexibility index (Phi) is 6.62. The number of aliphatic hydroxyl groups is 1. The van der Waals surface area contributed by atoms with Gasteiger partial charge >= 0.3 is 6.18 Å². The molecular weight excluding hydrogens is 435 g/mol. The average Bonchev–Trinajstić information content (AvgIpc) is 3.09. The molecule has 4 rings (SSSR count). The van der Waals surface area contributed by atoms with Crippen molar-refractivity contribution in [3.63, 3.8) is 0 Å². The van der Waals surface area contributed by atoms with E-state index in [-0.39, 0.29) is 48.3 Å². The zero-order chi connectivity index (χ0) is 23.8. The van der Waals surface area contributed by atoms with Crippen LogP contribution in [0.2, 0.25) is 0 Å². The van der Waals surface area contributed by atoms with E-state index in [1.807, 2.05) is 4.90 Å². The number of anilines is 2. The molecule has 2 N–H and O–H groups in total. The van der Waals surface area contributed by atoms with Crippen LogP contribution < -0.4 is 10.2 Å². The van der Waals surface area contributed by atoms with Gasteiger partial charge in [0.05, 0.1) is 17.1 Å². The topological polar surface area (TPSA) is 72.9 Å². The van der Waals surface area contributed by atoms with Crippen LogP contribution in [0.3, 0.4) is 0 Å². The summed E-state index contributed by atoms with van der Waals surface area (Å²) in [5.74, 6) is -0.298. The zero-order valence-electron chi connectivity index (χ0n) is 19.0. The first-order valence-electron chi connectivity index (χ1n) is 11.9. The van der Waals surface area contributed by atoms with Gasteiger partial charge in [-0.3, -0.25) is 9.59 Å². The summed E-state index contributed by atoms with van der Waals surface area (Å²) in [4.78, 5) is 28.8. The number of halogens is 3. The van der Waals surface area contributed by atoms with E-state index in [2.05, 4.69) is 5.32 Å². The Labute approximate surface area is 192 Å². The second-order valence-corrected chi connectivity index (χ2v) is 9.65. The normalized spacial score (nSPS) is 28.5. The molecular formula is C24H32F3N3O3. The van der Waals surface area contributed by atoms with E-state index >= 15 is 0 Å². The van der Waals surface area contributed by atoms with Crippen LogP contribution in [-0.4, -0.2) is 53.6 Å². The lowest BCUT2D eigenvalue weighted by Crippen LogP contribution is -2.50. The third-order valence-corrected chi connectivity index (χ3v) is 7.48. The van der Waals surface area contributed by atoms with Gasteiger partial charge in [-0.05, 0) is 63.1 Å². The maximum absolute atomic E-state index is 13.9. The number of piperidine rings is 1. The van der Waals surface area contributed by atoms with Crippen LogP contribution in [0.4, 0.5) is 24.5 Å². The van der Waals surface area contributed by atoms with Gasteiger partial charge in [0, 0.05) is 43.5 Å². The van der Waals surface area contributed by atoms with Gasteiger partial charge in [-0.2, -0.15) is 13.2 Å². The van der Waals surface area contributed by atoms with Crippen molar-refractivity contribution in [1.29, 1.82) is 0 Å². The number of likely N-dealkylation sites (tertiary alicyclic amines) is 1. The highest BCUT2D eigenvalue weighted by Crippen LogP contribution is 2.46. The number of alkyl halides is 3. The Morgan fingerprint density at radius 1 is 1.18 bits per heavy atom. The lowest BCUT2D eigenvalue weighted by Gasteiger charge is -2.42. The number of aliphatic hydroxyl groups excluding tert-OH is 1. The van der Waals surface area contributed by atoms with E-state index in [1.165, 1.54) is 12.1 Å². The van der Waals surface area contributed by atoms with Gasteiger partial charge in [0.2, 0.25) is 11.8 Å². The van der Waals surface area contributed by atoms with Crippen LogP contribution in [0.15, 0.2) is 18.2 Å². The van der Waals surface area contributed by atoms with Gasteiger partial charge in [0.15, 0.2) is 0 Å². The van der Waals surface area contributed by atoms with Crippen LogP contribution in [-0.2, 0) is 15.8 Å². The number of carbonyl (C=O) groups is 2. The number of benzene rings is 1. The van der Waals surface area contributed by atoms with Gasteiger partial charge in [0.25, 0.3) is 0 Å². The van der Waals surface area contributed by atoms with Gasteiger partial charge in [-0.1, -0.05) is 6.92 Å². The highest BCUT2D eigenvalue weighted by atomic mass is 19.4. The average molecular weight is 468 g/mol. The molecule has 2 amide bonds. The number of nitrogens with one attached hydrogen (secondary N) is 1. The third-order valence-electron chi connectivity index (χ3n) is 7.48. The molecule has 3 aliphatic rings. The summed E-state index contributed by atoms with van der Waals surface area (Å²) in [6.07, 6.45) is 0.183. The first-order valence-corrected chi connectivity index (χ1v) is 11.9. The summed E-state index contributed by atoms with van der Waals surface area (Å²) in [6.45, 7) is 2.98. The summed E-state index contributed by atoms with van der Waals surface area (Å²) in [5.41, 5.74) is -1.28. The second-order valence-electron chi connectivity index (χ2n) is 9.65. The largest absolute Gasteiger partial charge is 0.418 e. The van der Waals surface area contributed by atoms with Crippen molar-refractivity contribution in [1.82, 2.24) is 4.90 Å². The molecule has 1 spiro atoms. The van der Waals surface area contributed by atoms with Crippen molar-refractivity contribution >= 4 is 23.2 Å². The van der Waals surface area contributed by atoms with E-state index in [0.717, 1.165) is 18.9 Å². The van der Waals surface area contributed by atoms with E-state index in [1.54, 1.807) is 11.8 Å². The summed E-state index contributed by atoms with van der Waals surface area (Å²) in [5, 5.41) is 12.3. The molecule has 6 nitrogen and oxygen atoms in total. The van der Waals surface area contributed by atoms with Crippen LogP contribution in [0.1, 0.15) is 63.9 Å². The molecule has 1 atom stereocenters. The summed E-state index contributed by atoms with van der Waals surface area (Å²) < 4.78 is 41.8. The molecule has 2 saturated heterocycles. The molecule has 1 saturated carbocycles. The maximum Gasteiger partial charge on any atom is 0.418 e. The van der Waals surface area contributed by atoms with Crippen LogP contribution in [0, 0.1) is 5.41 Å². The zero-order valence-corrected chi connectivity index (χ0v) is 19.0. The molecule has 1 aromatic rings. The Hall–Kier alpha value is -2.29. The summed E-state index contributed by atoms with van der Waals surface area (Å²) in [7, 11) is 0. The number of nitrogens with zero attached hydrogens (tertiary/aromatic N) is 2. The highest BCUT2D eigenvalue weighted by molar-refractivity contribution is 5.91. The van der Waals surface area contributed by atoms with Crippen molar-refractivity contribution in [3.8, 4) is 0 Å². The highest BCUT2D eigenvalue weighted by Gasteiger charge is 2.51. The molecule has 0 bridgehead atoms. The van der Waals surface area contributed by atoms with Gasteiger partial charge in [0.1, 0.15) is 0 Å². The van der Waals surface area contributed by atoms with Crippen molar-refractivity contribution < 1.29 is 27.9 Å². The fraction of sp³-hybridized carbons (Fsp3) is 0.667.